The van der Waals surface area contributed by atoms with E-state index >= 15 is 0 Å². The molecule has 4 atom stereocenters. The van der Waals surface area contributed by atoms with Gasteiger partial charge in [0.1, 0.15) is 5.02 Å². The third-order valence-corrected chi connectivity index (χ3v) is 6.79. The number of amides is 1. The van der Waals surface area contributed by atoms with Crippen molar-refractivity contribution >= 4 is 23.2 Å². The predicted molar refractivity (Wildman–Crippen MR) is 97.3 cm³/mol. The molecule has 0 unspecified atom stereocenters. The number of halogens is 1. The molecule has 2 aliphatic carbocycles. The Balaban J connectivity index is 1.40. The molecule has 1 N–H and O–H groups in total. The van der Waals surface area contributed by atoms with Crippen molar-refractivity contribution in [2.75, 3.05) is 6.61 Å². The van der Waals surface area contributed by atoms with Crippen molar-refractivity contribution in [2.45, 2.75) is 51.2 Å². The Bertz CT molecular complexity index is 856. The SMILES string of the molecule is Cc1cnc2c(Cl)c(C(=O)N[C@H]3[C@H]4CCO[C@H]4[C@H]3C3CCCC3)nn2c1. The molecule has 0 aromatic carbocycles. The van der Waals surface area contributed by atoms with Crippen LogP contribution in [0.2, 0.25) is 5.02 Å². The van der Waals surface area contributed by atoms with Crippen molar-refractivity contribution in [3.63, 3.8) is 0 Å². The van der Waals surface area contributed by atoms with Crippen molar-refractivity contribution in [1.82, 2.24) is 19.9 Å². The lowest BCUT2D eigenvalue weighted by atomic mass is 9.61. The van der Waals surface area contributed by atoms with Crippen LogP contribution in [-0.4, -0.2) is 39.3 Å². The summed E-state index contributed by atoms with van der Waals surface area (Å²) in [5.41, 5.74) is 1.75. The summed E-state index contributed by atoms with van der Waals surface area (Å²) in [7, 11) is 0. The number of fused-ring (bicyclic) bond motifs is 2. The van der Waals surface area contributed by atoms with Gasteiger partial charge in [-0.1, -0.05) is 37.3 Å². The van der Waals surface area contributed by atoms with Gasteiger partial charge in [0.15, 0.2) is 11.3 Å². The zero-order chi connectivity index (χ0) is 17.8. The fourth-order valence-electron chi connectivity index (χ4n) is 5.23. The Kier molecular flexibility index (Phi) is 3.94. The number of nitrogens with zero attached hydrogens (tertiary/aromatic N) is 3. The summed E-state index contributed by atoms with van der Waals surface area (Å²) in [5.74, 6) is 1.34. The first kappa shape index (κ1) is 16.5. The Morgan fingerprint density at radius 2 is 2.15 bits per heavy atom. The van der Waals surface area contributed by atoms with Crippen LogP contribution >= 0.6 is 11.6 Å². The normalized spacial score (nSPS) is 31.2. The van der Waals surface area contributed by atoms with Gasteiger partial charge in [-0.2, -0.15) is 5.10 Å². The van der Waals surface area contributed by atoms with Gasteiger partial charge < -0.3 is 10.1 Å². The van der Waals surface area contributed by atoms with E-state index in [2.05, 4.69) is 15.4 Å². The molecule has 6 nitrogen and oxygen atoms in total. The van der Waals surface area contributed by atoms with Crippen LogP contribution in [0.3, 0.4) is 0 Å². The maximum Gasteiger partial charge on any atom is 0.273 e. The van der Waals surface area contributed by atoms with Crippen LogP contribution in [0, 0.1) is 24.7 Å². The molecule has 138 valence electrons. The minimum atomic E-state index is -0.198. The molecular weight excluding hydrogens is 352 g/mol. The van der Waals surface area contributed by atoms with Gasteiger partial charge in [-0.05, 0) is 24.8 Å². The second-order valence-corrected chi connectivity index (χ2v) is 8.35. The predicted octanol–water partition coefficient (Wildman–Crippen LogP) is 3.01. The number of ether oxygens (including phenoxy) is 1. The summed E-state index contributed by atoms with van der Waals surface area (Å²) in [6.07, 6.45) is 10.0. The van der Waals surface area contributed by atoms with Crippen LogP contribution in [-0.2, 0) is 4.74 Å². The summed E-state index contributed by atoms with van der Waals surface area (Å²) in [6, 6.07) is 0.175. The molecule has 2 saturated carbocycles. The fraction of sp³-hybridized carbons (Fsp3) is 0.632. The Labute approximate surface area is 157 Å². The Morgan fingerprint density at radius 3 is 2.96 bits per heavy atom. The summed E-state index contributed by atoms with van der Waals surface area (Å²) < 4.78 is 7.56. The summed E-state index contributed by atoms with van der Waals surface area (Å²) in [4.78, 5) is 17.2. The van der Waals surface area contributed by atoms with Gasteiger partial charge in [0.2, 0.25) is 0 Å². The maximum atomic E-state index is 12.9. The molecular formula is C19H23ClN4O2. The fourth-order valence-corrected chi connectivity index (χ4v) is 5.48. The van der Waals surface area contributed by atoms with Crippen molar-refractivity contribution < 1.29 is 9.53 Å². The quantitative estimate of drug-likeness (QED) is 0.896. The average molecular weight is 375 g/mol. The number of hydrogen-bond acceptors (Lipinski definition) is 4. The lowest BCUT2D eigenvalue weighted by molar-refractivity contribution is -0.0784. The van der Waals surface area contributed by atoms with E-state index in [0.717, 1.165) is 18.6 Å². The Hall–Kier alpha value is -1.66. The molecule has 2 aromatic heterocycles. The number of nitrogens with one attached hydrogen (secondary N) is 1. The van der Waals surface area contributed by atoms with Crippen LogP contribution in [0.4, 0.5) is 0 Å². The molecule has 26 heavy (non-hydrogen) atoms. The molecule has 2 aromatic rings. The summed E-state index contributed by atoms with van der Waals surface area (Å²) in [6.45, 7) is 2.74. The first-order chi connectivity index (χ1) is 12.6. The molecule has 0 spiro atoms. The monoisotopic (exact) mass is 374 g/mol. The summed E-state index contributed by atoms with van der Waals surface area (Å²) in [5, 5.41) is 7.93. The minimum Gasteiger partial charge on any atom is -0.377 e. The highest BCUT2D eigenvalue weighted by Crippen LogP contribution is 2.51. The standard InChI is InChI=1S/C19H23ClN4O2/c1-10-8-21-18-14(20)16(23-24(18)9-10)19(25)22-15-12-6-7-26-17(12)13(15)11-4-2-3-5-11/h8-9,11-13,15,17H,2-7H2,1H3,(H,22,25)/t12-,13+,15+,17-/m1/s1. The zero-order valence-electron chi connectivity index (χ0n) is 14.8. The molecule has 3 fully saturated rings. The third kappa shape index (κ3) is 2.46. The topological polar surface area (TPSA) is 68.5 Å². The van der Waals surface area contributed by atoms with E-state index in [1.54, 1.807) is 10.7 Å². The van der Waals surface area contributed by atoms with Crippen molar-refractivity contribution in [3.8, 4) is 0 Å². The molecule has 3 heterocycles. The molecule has 7 heteroatoms. The van der Waals surface area contributed by atoms with E-state index in [9.17, 15) is 4.79 Å². The number of hydrogen-bond donors (Lipinski definition) is 1. The van der Waals surface area contributed by atoms with Crippen molar-refractivity contribution in [1.29, 1.82) is 0 Å². The molecule has 5 rings (SSSR count). The number of carbonyl (C=O) groups is 1. The second kappa shape index (κ2) is 6.20. The van der Waals surface area contributed by atoms with Gasteiger partial charge in [0.05, 0.1) is 6.10 Å². The van der Waals surface area contributed by atoms with Gasteiger partial charge in [-0.15, -0.1) is 0 Å². The largest absolute Gasteiger partial charge is 0.377 e. The lowest BCUT2D eigenvalue weighted by Gasteiger charge is -2.50. The van der Waals surface area contributed by atoms with E-state index in [-0.39, 0.29) is 17.6 Å². The lowest BCUT2D eigenvalue weighted by Crippen LogP contribution is -2.63. The number of aromatic nitrogens is 3. The first-order valence-corrected chi connectivity index (χ1v) is 9.94. The average Bonchev–Trinajstić information content (AvgIpc) is 3.33. The minimum absolute atomic E-state index is 0.175. The molecule has 1 aliphatic heterocycles. The van der Waals surface area contributed by atoms with E-state index in [1.165, 1.54) is 25.7 Å². The molecule has 1 saturated heterocycles. The second-order valence-electron chi connectivity index (χ2n) is 7.97. The van der Waals surface area contributed by atoms with E-state index < -0.39 is 0 Å². The van der Waals surface area contributed by atoms with Crippen LogP contribution in [0.1, 0.15) is 48.2 Å². The maximum absolute atomic E-state index is 12.9. The van der Waals surface area contributed by atoms with E-state index in [1.807, 2.05) is 13.1 Å². The van der Waals surface area contributed by atoms with E-state index in [4.69, 9.17) is 16.3 Å². The molecule has 0 bridgehead atoms. The number of rotatable bonds is 3. The van der Waals surface area contributed by atoms with Gasteiger partial charge in [0, 0.05) is 36.9 Å². The van der Waals surface area contributed by atoms with Crippen LogP contribution < -0.4 is 5.32 Å². The van der Waals surface area contributed by atoms with Crippen molar-refractivity contribution in [3.05, 3.63) is 28.7 Å². The summed E-state index contributed by atoms with van der Waals surface area (Å²) >= 11 is 6.39. The van der Waals surface area contributed by atoms with Crippen LogP contribution in [0.25, 0.3) is 5.65 Å². The zero-order valence-corrected chi connectivity index (χ0v) is 15.6. The van der Waals surface area contributed by atoms with Crippen LogP contribution in [0.15, 0.2) is 12.4 Å². The van der Waals surface area contributed by atoms with E-state index in [0.29, 0.717) is 34.5 Å². The molecule has 3 aliphatic rings. The highest BCUT2D eigenvalue weighted by atomic mass is 35.5. The number of aryl methyl sites for hydroxylation is 1. The van der Waals surface area contributed by atoms with Crippen molar-refractivity contribution in [2.24, 2.45) is 17.8 Å². The van der Waals surface area contributed by atoms with Gasteiger partial charge in [-0.3, -0.25) is 4.79 Å². The smallest absolute Gasteiger partial charge is 0.273 e. The molecule has 0 radical (unpaired) electrons. The van der Waals surface area contributed by atoms with Gasteiger partial charge >= 0.3 is 0 Å². The molecule has 1 amide bonds. The number of carbonyl (C=O) groups excluding carboxylic acids is 1. The van der Waals surface area contributed by atoms with Gasteiger partial charge in [0.25, 0.3) is 5.91 Å². The third-order valence-electron chi connectivity index (χ3n) is 6.44. The van der Waals surface area contributed by atoms with Gasteiger partial charge in [-0.25, -0.2) is 9.50 Å². The highest BCUT2D eigenvalue weighted by Gasteiger charge is 2.57. The highest BCUT2D eigenvalue weighted by molar-refractivity contribution is 6.36. The van der Waals surface area contributed by atoms with Crippen LogP contribution in [0.5, 0.6) is 0 Å². The first-order valence-electron chi connectivity index (χ1n) is 9.56. The Morgan fingerprint density at radius 1 is 1.35 bits per heavy atom.